The first-order chi connectivity index (χ1) is 18.3. The van der Waals surface area contributed by atoms with E-state index in [0.29, 0.717) is 36.4 Å². The van der Waals surface area contributed by atoms with E-state index in [4.69, 9.17) is 34.8 Å². The highest BCUT2D eigenvalue weighted by molar-refractivity contribution is 6.36. The van der Waals surface area contributed by atoms with Gasteiger partial charge < -0.3 is 5.32 Å². The standard InChI is InChI=1S/C30H25Cl3N2O3/c31-18-13-15-19(16-14-18)34-24(36)12-2-1-7-17-35-27(37)25-26(28(35)38)30(33)21-9-4-3-8-20(21)29(25,32)22-10-5-6-11-23(22)30/h3-6,8-11,13-16,25-26H,1-2,7,12,17H2,(H,34,36)/t25-,26+,29?,30?. The highest BCUT2D eigenvalue weighted by Crippen LogP contribution is 2.69. The second-order valence-corrected chi connectivity index (χ2v) is 11.8. The summed E-state index contributed by atoms with van der Waals surface area (Å²) in [5.41, 5.74) is 3.88. The highest BCUT2D eigenvalue weighted by atomic mass is 35.5. The Kier molecular flexibility index (Phi) is 6.29. The Hall–Kier alpha value is -2.86. The van der Waals surface area contributed by atoms with Gasteiger partial charge in [0.2, 0.25) is 17.7 Å². The molecule has 1 aliphatic heterocycles. The summed E-state index contributed by atoms with van der Waals surface area (Å²) >= 11 is 20.7. The number of rotatable bonds is 7. The second kappa shape index (κ2) is 9.41. The first kappa shape index (κ1) is 25.4. The summed E-state index contributed by atoms with van der Waals surface area (Å²) in [7, 11) is 0. The Balaban J connectivity index is 1.16. The number of hydrogen-bond donors (Lipinski definition) is 1. The number of carbonyl (C=O) groups is 3. The molecule has 4 aliphatic rings. The van der Waals surface area contributed by atoms with Crippen LogP contribution in [-0.4, -0.2) is 29.2 Å². The summed E-state index contributed by atoms with van der Waals surface area (Å²) in [4.78, 5) is 38.9. The molecule has 1 fully saturated rings. The van der Waals surface area contributed by atoms with Crippen molar-refractivity contribution < 1.29 is 14.4 Å². The van der Waals surface area contributed by atoms with Crippen LogP contribution in [-0.2, 0) is 24.1 Å². The molecule has 3 aromatic carbocycles. The smallest absolute Gasteiger partial charge is 0.235 e. The van der Waals surface area contributed by atoms with E-state index in [1.54, 1.807) is 24.3 Å². The van der Waals surface area contributed by atoms with Gasteiger partial charge in [-0.1, -0.05) is 66.6 Å². The lowest BCUT2D eigenvalue weighted by Crippen LogP contribution is -2.57. The molecular formula is C30H25Cl3N2O3. The van der Waals surface area contributed by atoms with Crippen molar-refractivity contribution in [3.05, 3.63) is 100 Å². The molecule has 1 saturated heterocycles. The summed E-state index contributed by atoms with van der Waals surface area (Å²) in [6.07, 6.45) is 2.27. The van der Waals surface area contributed by atoms with Crippen molar-refractivity contribution >= 4 is 58.2 Å². The summed E-state index contributed by atoms with van der Waals surface area (Å²) in [5, 5.41) is 3.45. The van der Waals surface area contributed by atoms with E-state index in [9.17, 15) is 14.4 Å². The zero-order chi connectivity index (χ0) is 26.7. The Morgan fingerprint density at radius 2 is 1.21 bits per heavy atom. The number of alkyl halides is 2. The number of hydrogen-bond acceptors (Lipinski definition) is 3. The number of imide groups is 1. The molecule has 5 nitrogen and oxygen atoms in total. The minimum absolute atomic E-state index is 0.0908. The van der Waals surface area contributed by atoms with E-state index in [-0.39, 0.29) is 24.3 Å². The Bertz CT molecular complexity index is 1330. The summed E-state index contributed by atoms with van der Waals surface area (Å²) in [5.74, 6) is -2.19. The maximum atomic E-state index is 13.8. The van der Waals surface area contributed by atoms with Crippen LogP contribution < -0.4 is 5.32 Å². The van der Waals surface area contributed by atoms with Crippen molar-refractivity contribution in [3.63, 3.8) is 0 Å². The number of halogens is 3. The minimum Gasteiger partial charge on any atom is -0.326 e. The third kappa shape index (κ3) is 3.63. The molecule has 0 unspecified atom stereocenters. The monoisotopic (exact) mass is 566 g/mol. The maximum absolute atomic E-state index is 13.8. The molecule has 2 atom stereocenters. The zero-order valence-electron chi connectivity index (χ0n) is 20.4. The summed E-state index contributed by atoms with van der Waals surface area (Å²) < 4.78 is 0. The molecule has 3 aliphatic carbocycles. The van der Waals surface area contributed by atoms with E-state index in [0.717, 1.165) is 22.3 Å². The van der Waals surface area contributed by atoms with Crippen molar-refractivity contribution in [2.45, 2.75) is 35.4 Å². The van der Waals surface area contributed by atoms with E-state index in [1.807, 2.05) is 48.5 Å². The van der Waals surface area contributed by atoms with E-state index < -0.39 is 21.6 Å². The van der Waals surface area contributed by atoms with Crippen LogP contribution in [0.15, 0.2) is 72.8 Å². The maximum Gasteiger partial charge on any atom is 0.235 e. The van der Waals surface area contributed by atoms with Crippen molar-refractivity contribution in [1.29, 1.82) is 0 Å². The summed E-state index contributed by atoms with van der Waals surface area (Å²) in [6, 6.07) is 22.2. The van der Waals surface area contributed by atoms with Crippen molar-refractivity contribution in [3.8, 4) is 0 Å². The van der Waals surface area contributed by atoms with Crippen molar-refractivity contribution in [2.24, 2.45) is 11.8 Å². The molecule has 194 valence electrons. The molecule has 8 heteroatoms. The van der Waals surface area contributed by atoms with Crippen LogP contribution >= 0.6 is 34.8 Å². The molecule has 0 spiro atoms. The van der Waals surface area contributed by atoms with Crippen LogP contribution in [0.1, 0.15) is 47.9 Å². The van der Waals surface area contributed by atoms with Crippen molar-refractivity contribution in [2.75, 3.05) is 11.9 Å². The van der Waals surface area contributed by atoms with Crippen LogP contribution in [0.2, 0.25) is 5.02 Å². The molecule has 3 amide bonds. The Labute approximate surface area is 236 Å². The molecule has 7 rings (SSSR count). The highest BCUT2D eigenvalue weighted by Gasteiger charge is 2.72. The summed E-state index contributed by atoms with van der Waals surface area (Å²) in [6.45, 7) is 0.274. The number of unbranched alkanes of at least 4 members (excludes halogenated alkanes) is 2. The average molecular weight is 568 g/mol. The van der Waals surface area contributed by atoms with Gasteiger partial charge in [0.1, 0.15) is 9.75 Å². The van der Waals surface area contributed by atoms with Gasteiger partial charge in [-0.05, 0) is 59.4 Å². The molecule has 0 aromatic heterocycles. The van der Waals surface area contributed by atoms with Crippen LogP contribution in [0.5, 0.6) is 0 Å². The minimum atomic E-state index is -1.16. The van der Waals surface area contributed by atoms with Gasteiger partial charge >= 0.3 is 0 Å². The predicted molar refractivity (Wildman–Crippen MR) is 148 cm³/mol. The number of benzene rings is 3. The molecule has 38 heavy (non-hydrogen) atoms. The topological polar surface area (TPSA) is 66.5 Å². The van der Waals surface area contributed by atoms with Gasteiger partial charge in [0.05, 0.1) is 11.8 Å². The normalized spacial score (nSPS) is 26.7. The van der Waals surface area contributed by atoms with Gasteiger partial charge in [-0.2, -0.15) is 0 Å². The van der Waals surface area contributed by atoms with Gasteiger partial charge in [-0.15, -0.1) is 23.2 Å². The third-order valence-electron chi connectivity index (χ3n) is 8.09. The van der Waals surface area contributed by atoms with Crippen LogP contribution in [0.25, 0.3) is 0 Å². The van der Waals surface area contributed by atoms with E-state index in [2.05, 4.69) is 5.32 Å². The van der Waals surface area contributed by atoms with Gasteiger partial charge in [0.25, 0.3) is 0 Å². The van der Waals surface area contributed by atoms with Crippen LogP contribution in [0.4, 0.5) is 5.69 Å². The van der Waals surface area contributed by atoms with E-state index in [1.165, 1.54) is 4.90 Å². The van der Waals surface area contributed by atoms with E-state index >= 15 is 0 Å². The Morgan fingerprint density at radius 1 is 0.737 bits per heavy atom. The first-order valence-electron chi connectivity index (χ1n) is 12.8. The average Bonchev–Trinajstić information content (AvgIpc) is 3.19. The second-order valence-electron chi connectivity index (χ2n) is 10.2. The fourth-order valence-electron chi connectivity index (χ4n) is 6.43. The molecule has 0 radical (unpaired) electrons. The number of carbonyl (C=O) groups excluding carboxylic acids is 3. The number of likely N-dealkylation sites (tertiary alicyclic amines) is 1. The lowest BCUT2D eigenvalue weighted by atomic mass is 9.54. The molecule has 1 heterocycles. The lowest BCUT2D eigenvalue weighted by Gasteiger charge is -2.54. The third-order valence-corrected chi connectivity index (χ3v) is 9.63. The fourth-order valence-corrected chi connectivity index (χ4v) is 7.66. The molecule has 2 bridgehead atoms. The largest absolute Gasteiger partial charge is 0.326 e. The van der Waals surface area contributed by atoms with Gasteiger partial charge in [-0.3, -0.25) is 19.3 Å². The molecular weight excluding hydrogens is 543 g/mol. The van der Waals surface area contributed by atoms with Gasteiger partial charge in [0, 0.05) is 23.7 Å². The lowest BCUT2D eigenvalue weighted by molar-refractivity contribution is -0.140. The SMILES string of the molecule is O=C(CCCCCN1C(=O)[C@@H]2[C@H](C1=O)C1(Cl)c3ccccc3C2(Cl)c2ccccc21)Nc1ccc(Cl)cc1. The zero-order valence-corrected chi connectivity index (χ0v) is 22.7. The predicted octanol–water partition coefficient (Wildman–Crippen LogP) is 6.43. The first-order valence-corrected chi connectivity index (χ1v) is 13.9. The van der Waals surface area contributed by atoms with Gasteiger partial charge in [-0.25, -0.2) is 0 Å². The fraction of sp³-hybridized carbons (Fsp3) is 0.300. The Morgan fingerprint density at radius 3 is 1.68 bits per heavy atom. The van der Waals surface area contributed by atoms with Crippen LogP contribution in [0.3, 0.4) is 0 Å². The van der Waals surface area contributed by atoms with Crippen LogP contribution in [0, 0.1) is 11.8 Å². The number of nitrogens with one attached hydrogen (secondary N) is 1. The van der Waals surface area contributed by atoms with Crippen molar-refractivity contribution in [1.82, 2.24) is 4.90 Å². The molecule has 0 saturated carbocycles. The molecule has 1 N–H and O–H groups in total. The number of amides is 3. The molecule has 3 aromatic rings. The number of nitrogens with zero attached hydrogens (tertiary/aromatic N) is 1. The quantitative estimate of drug-likeness (QED) is 0.203. The number of anilines is 1. The van der Waals surface area contributed by atoms with Gasteiger partial charge in [0.15, 0.2) is 0 Å².